The average Bonchev–Trinajstić information content (AvgIpc) is 2.35. The molecule has 0 aromatic rings. The zero-order valence-electron chi connectivity index (χ0n) is 10.1. The van der Waals surface area contributed by atoms with Crippen LogP contribution in [0.4, 0.5) is 9.59 Å². The molecule has 0 aliphatic heterocycles. The average molecular weight is 261 g/mol. The highest BCUT2D eigenvalue weighted by Crippen LogP contribution is 1.91. The van der Waals surface area contributed by atoms with Crippen LogP contribution in [0.2, 0.25) is 0 Å². The molecule has 18 heavy (non-hydrogen) atoms. The Bertz CT molecular complexity index is 356. The summed E-state index contributed by atoms with van der Waals surface area (Å²) in [6, 6.07) is -1.99. The number of urea groups is 1. The fraction of sp³-hybridized carbons (Fsp3) is 0.500. The molecule has 10 nitrogen and oxygen atoms in total. The lowest BCUT2D eigenvalue weighted by Gasteiger charge is -2.16. The van der Waals surface area contributed by atoms with Gasteiger partial charge < -0.3 is 15.2 Å². The molecule has 0 radical (unpaired) electrons. The third-order valence-corrected chi connectivity index (χ3v) is 1.70. The second-order valence-electron chi connectivity index (χ2n) is 2.95. The summed E-state index contributed by atoms with van der Waals surface area (Å²) in [4.78, 5) is 32.7. The fourth-order valence-corrected chi connectivity index (χ4v) is 0.842. The van der Waals surface area contributed by atoms with E-state index in [-0.39, 0.29) is 5.71 Å². The Morgan fingerprint density at radius 1 is 1.22 bits per heavy atom. The van der Waals surface area contributed by atoms with Crippen molar-refractivity contribution < 1.29 is 23.9 Å². The maximum Gasteiger partial charge on any atom is 0.421 e. The zero-order chi connectivity index (χ0) is 14.1. The molecule has 10 heteroatoms. The summed E-state index contributed by atoms with van der Waals surface area (Å²) >= 11 is 0. The van der Waals surface area contributed by atoms with Crippen LogP contribution in [0, 0.1) is 0 Å². The highest BCUT2D eigenvalue weighted by atomic mass is 16.5. The maximum atomic E-state index is 11.4. The Hall–Kier alpha value is -2.36. The molecule has 0 aromatic heterocycles. The van der Waals surface area contributed by atoms with E-state index < -0.39 is 24.1 Å². The van der Waals surface area contributed by atoms with Crippen LogP contribution < -0.4 is 22.0 Å². The van der Waals surface area contributed by atoms with Gasteiger partial charge in [-0.15, -0.1) is 0 Å². The van der Waals surface area contributed by atoms with Crippen LogP contribution in [0.25, 0.3) is 0 Å². The van der Waals surface area contributed by atoms with Gasteiger partial charge in [0.1, 0.15) is 0 Å². The minimum Gasteiger partial charge on any atom is -0.468 e. The minimum atomic E-state index is -1.10. The third kappa shape index (κ3) is 5.65. The number of esters is 1. The third-order valence-electron chi connectivity index (χ3n) is 1.70. The molecule has 1 unspecified atom stereocenters. The lowest BCUT2D eigenvalue weighted by molar-refractivity contribution is -0.141. The molecule has 5 N–H and O–H groups in total. The van der Waals surface area contributed by atoms with Crippen molar-refractivity contribution in [2.45, 2.75) is 13.0 Å². The summed E-state index contributed by atoms with van der Waals surface area (Å²) in [5, 5.41) is 3.53. The second-order valence-corrected chi connectivity index (χ2v) is 2.95. The van der Waals surface area contributed by atoms with E-state index in [9.17, 15) is 14.4 Å². The maximum absolute atomic E-state index is 11.4. The predicted octanol–water partition coefficient (Wildman–Crippen LogP) is -1.57. The molecule has 0 aliphatic carbocycles. The van der Waals surface area contributed by atoms with E-state index in [0.29, 0.717) is 0 Å². The normalized spacial score (nSPS) is 12.3. The van der Waals surface area contributed by atoms with E-state index in [1.807, 2.05) is 5.43 Å². The van der Waals surface area contributed by atoms with Gasteiger partial charge in [-0.05, 0) is 6.92 Å². The smallest absolute Gasteiger partial charge is 0.421 e. The van der Waals surface area contributed by atoms with Crippen LogP contribution in [0.3, 0.4) is 0 Å². The summed E-state index contributed by atoms with van der Waals surface area (Å²) in [5.74, 6) is -0.723. The SMILES string of the molecule is COC(=O)NNC(C(=O)OC)/C(C)=N/NC(N)=O. The molecule has 3 amide bonds. The highest BCUT2D eigenvalue weighted by Gasteiger charge is 2.23. The molecule has 0 rings (SSSR count). The number of hydrazone groups is 1. The van der Waals surface area contributed by atoms with Crippen molar-refractivity contribution in [1.82, 2.24) is 16.3 Å². The van der Waals surface area contributed by atoms with Crippen molar-refractivity contribution in [2.75, 3.05) is 14.2 Å². The van der Waals surface area contributed by atoms with Crippen LogP contribution in [-0.4, -0.2) is 44.1 Å². The zero-order valence-corrected chi connectivity index (χ0v) is 10.1. The van der Waals surface area contributed by atoms with Crippen molar-refractivity contribution in [1.29, 1.82) is 0 Å². The Morgan fingerprint density at radius 2 is 1.83 bits per heavy atom. The van der Waals surface area contributed by atoms with Crippen molar-refractivity contribution in [3.8, 4) is 0 Å². The van der Waals surface area contributed by atoms with Gasteiger partial charge in [0.2, 0.25) is 0 Å². The van der Waals surface area contributed by atoms with Crippen molar-refractivity contribution in [3.63, 3.8) is 0 Å². The van der Waals surface area contributed by atoms with Crippen LogP contribution in [0.5, 0.6) is 0 Å². The first-order valence-electron chi connectivity index (χ1n) is 4.69. The Balaban J connectivity index is 4.66. The molecular weight excluding hydrogens is 246 g/mol. The number of methoxy groups -OCH3 is 2. The quantitative estimate of drug-likeness (QED) is 0.267. The van der Waals surface area contributed by atoms with E-state index in [1.54, 1.807) is 0 Å². The van der Waals surface area contributed by atoms with Gasteiger partial charge in [0.05, 0.1) is 19.9 Å². The number of nitrogens with one attached hydrogen (secondary N) is 3. The van der Waals surface area contributed by atoms with Crippen LogP contribution in [-0.2, 0) is 14.3 Å². The Kier molecular flexibility index (Phi) is 6.81. The number of hydrogen-bond donors (Lipinski definition) is 4. The van der Waals surface area contributed by atoms with Crippen LogP contribution in [0.1, 0.15) is 6.92 Å². The number of hydrogen-bond acceptors (Lipinski definition) is 7. The lowest BCUT2D eigenvalue weighted by atomic mass is 10.2. The van der Waals surface area contributed by atoms with Gasteiger partial charge in [0.25, 0.3) is 0 Å². The number of amides is 3. The Labute approximate surface area is 103 Å². The first kappa shape index (κ1) is 15.6. The van der Waals surface area contributed by atoms with Crippen LogP contribution >= 0.6 is 0 Å². The number of nitrogens with zero attached hydrogens (tertiary/aromatic N) is 1. The molecule has 0 saturated heterocycles. The van der Waals surface area contributed by atoms with Crippen molar-refractivity contribution >= 4 is 23.8 Å². The molecule has 0 aromatic carbocycles. The molecule has 0 spiro atoms. The van der Waals surface area contributed by atoms with Crippen molar-refractivity contribution in [2.24, 2.45) is 10.8 Å². The summed E-state index contributed by atoms with van der Waals surface area (Å²) in [5.41, 5.74) is 11.3. The molecule has 0 heterocycles. The second kappa shape index (κ2) is 7.84. The van der Waals surface area contributed by atoms with E-state index in [0.717, 1.165) is 14.2 Å². The molecular formula is C8H15N5O5. The van der Waals surface area contributed by atoms with Gasteiger partial charge in [0.15, 0.2) is 6.04 Å². The van der Waals surface area contributed by atoms with Crippen LogP contribution in [0.15, 0.2) is 5.10 Å². The largest absolute Gasteiger partial charge is 0.468 e. The standard InChI is InChI=1S/C8H15N5O5/c1-4(10-12-7(9)15)5(6(14)17-2)11-13-8(16)18-3/h5,11H,1-3H3,(H,13,16)(H3,9,12,15)/b10-4+. The monoisotopic (exact) mass is 261 g/mol. The molecule has 0 aliphatic rings. The lowest BCUT2D eigenvalue weighted by Crippen LogP contribution is -2.52. The molecule has 0 saturated carbocycles. The Morgan fingerprint density at radius 3 is 2.28 bits per heavy atom. The van der Waals surface area contributed by atoms with Crippen molar-refractivity contribution in [3.05, 3.63) is 0 Å². The number of hydrazine groups is 1. The van der Waals surface area contributed by atoms with Gasteiger partial charge in [-0.3, -0.25) is 5.43 Å². The van der Waals surface area contributed by atoms with Gasteiger partial charge >= 0.3 is 18.1 Å². The number of ether oxygens (including phenoxy) is 2. The number of nitrogens with two attached hydrogens (primary N) is 1. The summed E-state index contributed by atoms with van der Waals surface area (Å²) in [7, 11) is 2.31. The number of rotatable bonds is 5. The van der Waals surface area contributed by atoms with Gasteiger partial charge in [-0.25, -0.2) is 25.2 Å². The summed E-state index contributed by atoms with van der Waals surface area (Å²) in [6.07, 6.45) is -0.806. The number of primary amides is 1. The molecule has 0 bridgehead atoms. The summed E-state index contributed by atoms with van der Waals surface area (Å²) in [6.45, 7) is 1.42. The van der Waals surface area contributed by atoms with E-state index in [1.165, 1.54) is 6.92 Å². The topological polar surface area (TPSA) is 144 Å². The number of carbonyl (C=O) groups is 3. The highest BCUT2D eigenvalue weighted by molar-refractivity contribution is 6.05. The molecule has 1 atom stereocenters. The van der Waals surface area contributed by atoms with E-state index >= 15 is 0 Å². The van der Waals surface area contributed by atoms with Gasteiger partial charge in [-0.1, -0.05) is 0 Å². The fourth-order valence-electron chi connectivity index (χ4n) is 0.842. The first-order chi connectivity index (χ1) is 8.42. The van der Waals surface area contributed by atoms with E-state index in [4.69, 9.17) is 5.73 Å². The van der Waals surface area contributed by atoms with Gasteiger partial charge in [0, 0.05) is 0 Å². The molecule has 102 valence electrons. The van der Waals surface area contributed by atoms with E-state index in [2.05, 4.69) is 25.4 Å². The number of carbonyl (C=O) groups excluding carboxylic acids is 3. The molecule has 0 fully saturated rings. The first-order valence-corrected chi connectivity index (χ1v) is 4.69. The predicted molar refractivity (Wildman–Crippen MR) is 60.3 cm³/mol. The summed E-state index contributed by atoms with van der Waals surface area (Å²) < 4.78 is 8.79. The minimum absolute atomic E-state index is 0.122. The van der Waals surface area contributed by atoms with Gasteiger partial charge in [-0.2, -0.15) is 5.10 Å².